The second-order valence-electron chi connectivity index (χ2n) is 5.43. The number of nitrogens with zero attached hydrogens (tertiary/aromatic N) is 1. The molecule has 0 aliphatic carbocycles. The number of hydrazine groups is 1. The lowest BCUT2D eigenvalue weighted by Crippen LogP contribution is -2.40. The summed E-state index contributed by atoms with van der Waals surface area (Å²) >= 11 is 0. The normalized spacial score (nSPS) is 14.6. The highest BCUT2D eigenvalue weighted by molar-refractivity contribution is 5.27. The van der Waals surface area contributed by atoms with E-state index in [1.54, 1.807) is 12.4 Å². The molecule has 20 heavy (non-hydrogen) atoms. The van der Waals surface area contributed by atoms with Crippen molar-refractivity contribution in [1.29, 1.82) is 0 Å². The molecular formula is C15H27N3O2. The monoisotopic (exact) mass is 281 g/mol. The average molecular weight is 281 g/mol. The van der Waals surface area contributed by atoms with Crippen LogP contribution < -0.4 is 16.0 Å². The molecule has 0 amide bonds. The summed E-state index contributed by atoms with van der Waals surface area (Å²) in [5, 5.41) is 0. The molecule has 3 N–H and O–H groups in total. The highest BCUT2D eigenvalue weighted by atomic mass is 16.5. The summed E-state index contributed by atoms with van der Waals surface area (Å²) in [6.45, 7) is 10.8. The van der Waals surface area contributed by atoms with Crippen molar-refractivity contribution >= 4 is 0 Å². The Kier molecular flexibility index (Phi) is 6.91. The van der Waals surface area contributed by atoms with Crippen LogP contribution in [-0.2, 0) is 4.74 Å². The summed E-state index contributed by atoms with van der Waals surface area (Å²) in [4.78, 5) is 4.23. The minimum atomic E-state index is -0.113. The third-order valence-corrected chi connectivity index (χ3v) is 2.99. The van der Waals surface area contributed by atoms with Gasteiger partial charge in [0.15, 0.2) is 0 Å². The summed E-state index contributed by atoms with van der Waals surface area (Å²) in [6, 6.07) is 1.85. The lowest BCUT2D eigenvalue weighted by atomic mass is 9.95. The Morgan fingerprint density at radius 3 is 2.45 bits per heavy atom. The highest BCUT2D eigenvalue weighted by Crippen LogP contribution is 2.26. The molecule has 0 radical (unpaired) electrons. The van der Waals surface area contributed by atoms with E-state index in [0.29, 0.717) is 12.5 Å². The second kappa shape index (κ2) is 8.19. The summed E-state index contributed by atoms with van der Waals surface area (Å²) in [5.74, 6) is 6.81. The summed E-state index contributed by atoms with van der Waals surface area (Å²) in [6.07, 6.45) is 3.61. The fourth-order valence-corrected chi connectivity index (χ4v) is 2.19. The molecule has 1 aromatic rings. The summed E-state index contributed by atoms with van der Waals surface area (Å²) in [7, 11) is 0. The number of hydrogen-bond donors (Lipinski definition) is 2. The first kappa shape index (κ1) is 16.9. The lowest BCUT2D eigenvalue weighted by molar-refractivity contribution is 0.00263. The zero-order valence-electron chi connectivity index (χ0n) is 13.1. The van der Waals surface area contributed by atoms with E-state index in [9.17, 15) is 0 Å². The zero-order chi connectivity index (χ0) is 15.1. The predicted molar refractivity (Wildman–Crippen MR) is 80.3 cm³/mol. The molecule has 2 unspecified atom stereocenters. The van der Waals surface area contributed by atoms with Gasteiger partial charge < -0.3 is 9.47 Å². The van der Waals surface area contributed by atoms with Crippen LogP contribution in [0.15, 0.2) is 18.5 Å². The molecule has 0 saturated heterocycles. The number of nitrogens with two attached hydrogens (primary N) is 1. The van der Waals surface area contributed by atoms with Gasteiger partial charge in [0, 0.05) is 12.8 Å². The summed E-state index contributed by atoms with van der Waals surface area (Å²) in [5.41, 5.74) is 3.81. The van der Waals surface area contributed by atoms with Crippen LogP contribution in [0, 0.1) is 5.92 Å². The third-order valence-electron chi connectivity index (χ3n) is 2.99. The maximum Gasteiger partial charge on any atom is 0.138 e. The SMILES string of the molecule is CCOC(C(C)C)C(NN)c1cncc(OC(C)C)c1. The smallest absolute Gasteiger partial charge is 0.138 e. The van der Waals surface area contributed by atoms with E-state index in [4.69, 9.17) is 15.3 Å². The van der Waals surface area contributed by atoms with E-state index in [0.717, 1.165) is 11.3 Å². The van der Waals surface area contributed by atoms with Crippen LogP contribution in [-0.4, -0.2) is 23.8 Å². The van der Waals surface area contributed by atoms with Crippen LogP contribution in [0.4, 0.5) is 0 Å². The van der Waals surface area contributed by atoms with E-state index in [2.05, 4.69) is 24.3 Å². The van der Waals surface area contributed by atoms with Gasteiger partial charge in [0.25, 0.3) is 0 Å². The maximum atomic E-state index is 5.82. The molecule has 5 nitrogen and oxygen atoms in total. The number of pyridine rings is 1. The Morgan fingerprint density at radius 1 is 1.25 bits per heavy atom. The molecule has 0 aliphatic rings. The summed E-state index contributed by atoms with van der Waals surface area (Å²) < 4.78 is 11.5. The van der Waals surface area contributed by atoms with Gasteiger partial charge in [-0.15, -0.1) is 0 Å². The molecule has 5 heteroatoms. The molecule has 1 rings (SSSR count). The predicted octanol–water partition coefficient (Wildman–Crippen LogP) is 2.43. The largest absolute Gasteiger partial charge is 0.489 e. The van der Waals surface area contributed by atoms with Gasteiger partial charge >= 0.3 is 0 Å². The molecule has 0 saturated carbocycles. The van der Waals surface area contributed by atoms with Crippen LogP contribution in [0.5, 0.6) is 5.75 Å². The molecule has 2 atom stereocenters. The Hall–Kier alpha value is -1.17. The van der Waals surface area contributed by atoms with Crippen LogP contribution in [0.25, 0.3) is 0 Å². The zero-order valence-corrected chi connectivity index (χ0v) is 13.1. The topological polar surface area (TPSA) is 69.4 Å². The van der Waals surface area contributed by atoms with E-state index in [1.165, 1.54) is 0 Å². The van der Waals surface area contributed by atoms with Gasteiger partial charge in [0.2, 0.25) is 0 Å². The lowest BCUT2D eigenvalue weighted by Gasteiger charge is -2.29. The minimum Gasteiger partial charge on any atom is -0.489 e. The molecule has 1 aromatic heterocycles. The fraction of sp³-hybridized carbons (Fsp3) is 0.667. The molecule has 114 valence electrons. The van der Waals surface area contributed by atoms with Crippen molar-refractivity contribution < 1.29 is 9.47 Å². The van der Waals surface area contributed by atoms with E-state index in [-0.39, 0.29) is 18.2 Å². The number of nitrogens with one attached hydrogen (secondary N) is 1. The molecule has 0 aliphatic heterocycles. The van der Waals surface area contributed by atoms with Gasteiger partial charge in [-0.1, -0.05) is 13.8 Å². The minimum absolute atomic E-state index is 0.0129. The van der Waals surface area contributed by atoms with Crippen molar-refractivity contribution in [2.75, 3.05) is 6.61 Å². The van der Waals surface area contributed by atoms with Gasteiger partial charge in [-0.3, -0.25) is 16.3 Å². The van der Waals surface area contributed by atoms with Crippen molar-refractivity contribution in [3.63, 3.8) is 0 Å². The standard InChI is InChI=1S/C15H27N3O2/c1-6-19-15(10(2)3)14(18-16)12-7-13(9-17-8-12)20-11(4)5/h7-11,14-15,18H,6,16H2,1-5H3. The van der Waals surface area contributed by atoms with Gasteiger partial charge in [-0.05, 0) is 38.3 Å². The third kappa shape index (κ3) is 4.74. The van der Waals surface area contributed by atoms with Gasteiger partial charge in [0.05, 0.1) is 24.4 Å². The molecule has 0 bridgehead atoms. The van der Waals surface area contributed by atoms with Crippen LogP contribution in [0.3, 0.4) is 0 Å². The van der Waals surface area contributed by atoms with Crippen LogP contribution >= 0.6 is 0 Å². The maximum absolute atomic E-state index is 5.82. The van der Waals surface area contributed by atoms with Crippen molar-refractivity contribution in [1.82, 2.24) is 10.4 Å². The second-order valence-corrected chi connectivity index (χ2v) is 5.43. The Morgan fingerprint density at radius 2 is 1.95 bits per heavy atom. The number of hydrogen-bond acceptors (Lipinski definition) is 5. The van der Waals surface area contributed by atoms with Gasteiger partial charge in [-0.25, -0.2) is 0 Å². The van der Waals surface area contributed by atoms with E-state index >= 15 is 0 Å². The highest BCUT2D eigenvalue weighted by Gasteiger charge is 2.26. The first-order chi connectivity index (χ1) is 9.49. The first-order valence-electron chi connectivity index (χ1n) is 7.18. The quantitative estimate of drug-likeness (QED) is 0.566. The van der Waals surface area contributed by atoms with Gasteiger partial charge in [-0.2, -0.15) is 0 Å². The molecule has 0 aromatic carbocycles. The fourth-order valence-electron chi connectivity index (χ4n) is 2.19. The number of aromatic nitrogens is 1. The Bertz CT molecular complexity index is 396. The first-order valence-corrected chi connectivity index (χ1v) is 7.18. The Balaban J connectivity index is 2.98. The number of rotatable bonds is 8. The molecule has 0 spiro atoms. The van der Waals surface area contributed by atoms with Crippen molar-refractivity contribution in [3.05, 3.63) is 24.0 Å². The molecule has 0 fully saturated rings. The number of ether oxygens (including phenoxy) is 2. The molecule has 1 heterocycles. The van der Waals surface area contributed by atoms with E-state index in [1.807, 2.05) is 26.8 Å². The molecular weight excluding hydrogens is 254 g/mol. The van der Waals surface area contributed by atoms with Gasteiger partial charge in [0.1, 0.15) is 5.75 Å². The van der Waals surface area contributed by atoms with Crippen LogP contribution in [0.1, 0.15) is 46.2 Å². The van der Waals surface area contributed by atoms with Crippen molar-refractivity contribution in [2.24, 2.45) is 11.8 Å². The van der Waals surface area contributed by atoms with Crippen LogP contribution in [0.2, 0.25) is 0 Å². The Labute approximate surface area is 121 Å². The van der Waals surface area contributed by atoms with E-state index < -0.39 is 0 Å². The van der Waals surface area contributed by atoms with Crippen molar-refractivity contribution in [3.8, 4) is 5.75 Å². The average Bonchev–Trinajstić information content (AvgIpc) is 2.38. The van der Waals surface area contributed by atoms with Crippen molar-refractivity contribution in [2.45, 2.75) is 52.9 Å².